The van der Waals surface area contributed by atoms with E-state index in [0.29, 0.717) is 0 Å². The van der Waals surface area contributed by atoms with Crippen LogP contribution in [0.25, 0.3) is 11.2 Å². The fourth-order valence-electron chi connectivity index (χ4n) is 1.21. The number of rotatable bonds is 4. The summed E-state index contributed by atoms with van der Waals surface area (Å²) in [4.78, 5) is 25.6. The maximum Gasteiger partial charge on any atom is 0.306 e. The van der Waals surface area contributed by atoms with E-state index < -0.39 is 24.7 Å². The molecule has 0 radical (unpaired) electrons. The number of halogens is 2. The maximum atomic E-state index is 12.8. The van der Waals surface area contributed by atoms with Gasteiger partial charge < -0.3 is 15.7 Å². The second kappa shape index (κ2) is 4.22. The normalized spacial score (nSPS) is 11.9. The van der Waals surface area contributed by atoms with E-state index in [1.54, 1.807) is 0 Å². The molecule has 2 rings (SSSR count). The number of hydrogen-bond donors (Lipinski definition) is 3. The highest BCUT2D eigenvalue weighted by Gasteiger charge is 2.29. The van der Waals surface area contributed by atoms with Crippen molar-refractivity contribution in [1.82, 2.24) is 19.7 Å². The summed E-state index contributed by atoms with van der Waals surface area (Å²) in [6, 6.07) is 0. The quantitative estimate of drug-likeness (QED) is 0.633. The second-order valence-corrected chi connectivity index (χ2v) is 3.48. The highest BCUT2D eigenvalue weighted by molar-refractivity contribution is 5.69. The molecule has 98 valence electrons. The molecule has 0 saturated heterocycles. The van der Waals surface area contributed by atoms with Crippen molar-refractivity contribution in [2.24, 2.45) is 0 Å². The Morgan fingerprint density at radius 2 is 2.33 bits per heavy atom. The van der Waals surface area contributed by atoms with Crippen molar-refractivity contribution < 1.29 is 18.7 Å². The van der Waals surface area contributed by atoms with Gasteiger partial charge >= 0.3 is 5.92 Å². The number of nitrogen functional groups attached to an aromatic ring is 1. The van der Waals surface area contributed by atoms with Crippen LogP contribution < -0.4 is 16.1 Å². The molecule has 0 saturated carbocycles. The van der Waals surface area contributed by atoms with Crippen LogP contribution in [0.15, 0.2) is 11.1 Å². The predicted octanol–water partition coefficient (Wildman–Crippen LogP) is -1.24. The van der Waals surface area contributed by atoms with Gasteiger partial charge in [-0.3, -0.25) is 9.78 Å². The Labute approximate surface area is 98.0 Å². The lowest BCUT2D eigenvalue weighted by atomic mass is 10.4. The third-order valence-corrected chi connectivity index (χ3v) is 2.04. The summed E-state index contributed by atoms with van der Waals surface area (Å²) in [5, 5.41) is 8.38. The number of imidazole rings is 1. The monoisotopic (exact) mass is 261 g/mol. The van der Waals surface area contributed by atoms with E-state index in [-0.39, 0.29) is 17.1 Å². The molecule has 0 amide bonds. The summed E-state index contributed by atoms with van der Waals surface area (Å²) in [6.07, 6.45) is 1.01. The van der Waals surface area contributed by atoms with E-state index in [9.17, 15) is 13.6 Å². The molecule has 0 atom stereocenters. The number of aliphatic hydroxyl groups excluding tert-OH is 1. The number of fused-ring (bicyclic) bond motifs is 1. The lowest BCUT2D eigenvalue weighted by Gasteiger charge is -2.13. The molecule has 0 aromatic carbocycles. The van der Waals surface area contributed by atoms with E-state index in [4.69, 9.17) is 15.7 Å². The number of aromatic amines is 1. The number of nitrogens with zero attached hydrogens (tertiary/aromatic N) is 3. The average molecular weight is 261 g/mol. The van der Waals surface area contributed by atoms with E-state index in [1.807, 2.05) is 0 Å². The summed E-state index contributed by atoms with van der Waals surface area (Å²) in [5.74, 6) is -3.59. The van der Waals surface area contributed by atoms with Crippen LogP contribution in [0.1, 0.15) is 0 Å². The first-order chi connectivity index (χ1) is 8.43. The highest BCUT2D eigenvalue weighted by atomic mass is 19.3. The molecule has 2 aromatic rings. The van der Waals surface area contributed by atoms with Crippen LogP contribution in [0.3, 0.4) is 0 Å². The second-order valence-electron chi connectivity index (χ2n) is 3.48. The number of hydrogen-bond acceptors (Lipinski definition) is 6. The van der Waals surface area contributed by atoms with Gasteiger partial charge in [-0.15, -0.1) is 0 Å². The predicted molar refractivity (Wildman–Crippen MR) is 56.0 cm³/mol. The minimum absolute atomic E-state index is 0.0787. The van der Waals surface area contributed by atoms with Crippen LogP contribution in [0, 0.1) is 0 Å². The van der Waals surface area contributed by atoms with Crippen molar-refractivity contribution in [3.63, 3.8) is 0 Å². The Kier molecular flexibility index (Phi) is 2.87. The van der Waals surface area contributed by atoms with Gasteiger partial charge in [0.25, 0.3) is 5.56 Å². The molecule has 0 fully saturated rings. The first-order valence-corrected chi connectivity index (χ1v) is 4.78. The Hall–Kier alpha value is -2.23. The molecule has 2 heterocycles. The number of anilines is 1. The maximum absolute atomic E-state index is 12.8. The first kappa shape index (κ1) is 12.2. The molecule has 0 bridgehead atoms. The van der Waals surface area contributed by atoms with Crippen LogP contribution in [0.5, 0.6) is 0 Å². The standard InChI is InChI=1S/C8H9F2N5O3/c9-8(10,1-16)2-18-15-3-12-4-5(15)13-7(11)14-6(4)17/h3,16H,1-2H2,(H3,11,13,14,17). The van der Waals surface area contributed by atoms with Gasteiger partial charge in [0, 0.05) is 0 Å². The molecule has 0 aliphatic heterocycles. The Bertz CT molecular complexity index is 623. The third kappa shape index (κ3) is 2.22. The molecule has 4 N–H and O–H groups in total. The molecule has 0 spiro atoms. The summed E-state index contributed by atoms with van der Waals surface area (Å²) < 4.78 is 26.4. The molecule has 0 aliphatic rings. The number of aromatic nitrogens is 4. The van der Waals surface area contributed by atoms with Crippen LogP contribution >= 0.6 is 0 Å². The largest absolute Gasteiger partial charge is 0.404 e. The minimum atomic E-state index is -3.40. The first-order valence-electron chi connectivity index (χ1n) is 4.78. The minimum Gasteiger partial charge on any atom is -0.404 e. The zero-order valence-electron chi connectivity index (χ0n) is 8.93. The smallest absolute Gasteiger partial charge is 0.306 e. The molecule has 0 aliphatic carbocycles. The fourth-order valence-corrected chi connectivity index (χ4v) is 1.21. The summed E-state index contributed by atoms with van der Waals surface area (Å²) in [7, 11) is 0. The van der Waals surface area contributed by atoms with Crippen LogP contribution in [0.2, 0.25) is 0 Å². The van der Waals surface area contributed by atoms with Gasteiger partial charge in [0.15, 0.2) is 12.1 Å². The number of H-pyrrole nitrogens is 1. The topological polar surface area (TPSA) is 119 Å². The SMILES string of the molecule is Nc1nc2c(ncn2OCC(F)(F)CO)c(=O)[nH]1. The molecule has 18 heavy (non-hydrogen) atoms. The number of alkyl halides is 2. The van der Waals surface area contributed by atoms with E-state index in [1.165, 1.54) is 0 Å². The summed E-state index contributed by atoms with van der Waals surface area (Å²) >= 11 is 0. The van der Waals surface area contributed by atoms with E-state index in [0.717, 1.165) is 11.1 Å². The number of nitrogens with one attached hydrogen (secondary N) is 1. The fraction of sp³-hybridized carbons (Fsp3) is 0.375. The average Bonchev–Trinajstić information content (AvgIpc) is 2.70. The van der Waals surface area contributed by atoms with Gasteiger partial charge in [0.2, 0.25) is 11.6 Å². The van der Waals surface area contributed by atoms with Crippen molar-refractivity contribution in [3.05, 3.63) is 16.7 Å². The van der Waals surface area contributed by atoms with Gasteiger partial charge in [-0.1, -0.05) is 0 Å². The summed E-state index contributed by atoms with van der Waals surface area (Å²) in [5.41, 5.74) is 4.54. The van der Waals surface area contributed by atoms with Crippen molar-refractivity contribution >= 4 is 17.1 Å². The molecular weight excluding hydrogens is 252 g/mol. The van der Waals surface area contributed by atoms with Gasteiger partial charge in [-0.05, 0) is 0 Å². The Morgan fingerprint density at radius 1 is 1.61 bits per heavy atom. The Morgan fingerprint density at radius 3 is 3.00 bits per heavy atom. The number of aliphatic hydroxyl groups is 1. The van der Waals surface area contributed by atoms with Crippen molar-refractivity contribution in [1.29, 1.82) is 0 Å². The lowest BCUT2D eigenvalue weighted by Crippen LogP contribution is -2.33. The highest BCUT2D eigenvalue weighted by Crippen LogP contribution is 2.12. The van der Waals surface area contributed by atoms with Crippen molar-refractivity contribution in [3.8, 4) is 0 Å². The van der Waals surface area contributed by atoms with Crippen LogP contribution in [-0.2, 0) is 0 Å². The van der Waals surface area contributed by atoms with Gasteiger partial charge in [0.05, 0.1) is 0 Å². The van der Waals surface area contributed by atoms with Crippen molar-refractivity contribution in [2.45, 2.75) is 5.92 Å². The number of nitrogens with two attached hydrogens (primary N) is 1. The molecule has 8 nitrogen and oxygen atoms in total. The van der Waals surface area contributed by atoms with Gasteiger partial charge in [0.1, 0.15) is 12.9 Å². The van der Waals surface area contributed by atoms with Gasteiger partial charge in [-0.2, -0.15) is 9.71 Å². The molecule has 0 unspecified atom stereocenters. The zero-order valence-corrected chi connectivity index (χ0v) is 8.93. The van der Waals surface area contributed by atoms with Crippen LogP contribution in [-0.4, -0.2) is 43.9 Å². The Balaban J connectivity index is 2.33. The van der Waals surface area contributed by atoms with E-state index in [2.05, 4.69) is 15.0 Å². The molecular formula is C8H9F2N5O3. The van der Waals surface area contributed by atoms with Crippen molar-refractivity contribution in [2.75, 3.05) is 18.9 Å². The summed E-state index contributed by atoms with van der Waals surface area (Å²) in [6.45, 7) is -2.43. The van der Waals surface area contributed by atoms with E-state index >= 15 is 0 Å². The van der Waals surface area contributed by atoms with Gasteiger partial charge in [-0.25, -0.2) is 13.8 Å². The third-order valence-electron chi connectivity index (χ3n) is 2.04. The van der Waals surface area contributed by atoms with Crippen LogP contribution in [0.4, 0.5) is 14.7 Å². The zero-order chi connectivity index (χ0) is 13.3. The lowest BCUT2D eigenvalue weighted by molar-refractivity contribution is -0.108. The molecule has 10 heteroatoms. The molecule has 2 aromatic heterocycles.